The van der Waals surface area contributed by atoms with Crippen molar-refractivity contribution in [2.45, 2.75) is 13.3 Å². The second kappa shape index (κ2) is 10.2. The van der Waals surface area contributed by atoms with Gasteiger partial charge in [0, 0.05) is 10.7 Å². The second-order valence-corrected chi connectivity index (χ2v) is 7.57. The largest absolute Gasteiger partial charge is 0.573 e. The fraction of sp³-hybridized carbons (Fsp3) is 0.273. The van der Waals surface area contributed by atoms with Gasteiger partial charge in [-0.05, 0) is 48.9 Å². The Balaban J connectivity index is 1.93. The van der Waals surface area contributed by atoms with Gasteiger partial charge in [0.1, 0.15) is 5.75 Å². The minimum Gasteiger partial charge on any atom is -0.468 e. The summed E-state index contributed by atoms with van der Waals surface area (Å²) in [6.07, 6.45) is -4.86. The van der Waals surface area contributed by atoms with Crippen molar-refractivity contribution in [1.29, 1.82) is 0 Å². The zero-order chi connectivity index (χ0) is 25.8. The molecule has 2 amide bonds. The van der Waals surface area contributed by atoms with Crippen LogP contribution in [0.3, 0.4) is 0 Å². The van der Waals surface area contributed by atoms with Gasteiger partial charge in [0.15, 0.2) is 0 Å². The van der Waals surface area contributed by atoms with Crippen molar-refractivity contribution < 1.29 is 41.8 Å². The number of rotatable bonds is 6. The molecule has 0 radical (unpaired) electrons. The number of carbonyl (C=O) groups is 3. The first-order chi connectivity index (χ1) is 16.5. The van der Waals surface area contributed by atoms with E-state index in [9.17, 15) is 27.6 Å². The summed E-state index contributed by atoms with van der Waals surface area (Å²) < 4.78 is 50.8. The number of nitrogens with one attached hydrogen (secondary N) is 1. The Bertz CT molecular complexity index is 1140. The summed E-state index contributed by atoms with van der Waals surface area (Å²) in [5.74, 6) is -2.44. The highest BCUT2D eigenvalue weighted by molar-refractivity contribution is 6.31. The molecule has 1 heterocycles. The molecule has 0 spiro atoms. The van der Waals surface area contributed by atoms with E-state index in [1.54, 1.807) is 6.92 Å². The lowest BCUT2D eigenvalue weighted by Gasteiger charge is -2.25. The van der Waals surface area contributed by atoms with Crippen molar-refractivity contribution >= 4 is 41.0 Å². The zero-order valence-corrected chi connectivity index (χ0v) is 19.1. The number of anilines is 1. The maximum Gasteiger partial charge on any atom is 0.573 e. The Labute approximate surface area is 202 Å². The Morgan fingerprint density at radius 3 is 2.26 bits per heavy atom. The second-order valence-electron chi connectivity index (χ2n) is 7.13. The van der Waals surface area contributed by atoms with Gasteiger partial charge >= 0.3 is 24.3 Å². The molecular formula is C22H19ClF3N3O6. The normalized spacial score (nSPS) is 17.4. The van der Waals surface area contributed by atoms with Crippen LogP contribution in [-0.2, 0) is 19.1 Å². The maximum absolute atomic E-state index is 13.0. The Hall–Kier alpha value is -3.80. The van der Waals surface area contributed by atoms with E-state index in [0.29, 0.717) is 10.6 Å². The summed E-state index contributed by atoms with van der Waals surface area (Å²) in [6, 6.07) is 9.56. The number of carbonyl (C=O) groups excluding carboxylic acids is 3. The molecule has 9 nitrogen and oxygen atoms in total. The lowest BCUT2D eigenvalue weighted by Crippen LogP contribution is -2.51. The third-order valence-corrected chi connectivity index (χ3v) is 5.11. The first-order valence-electron chi connectivity index (χ1n) is 10.0. The highest BCUT2D eigenvalue weighted by atomic mass is 35.5. The van der Waals surface area contributed by atoms with Crippen LogP contribution in [0.1, 0.15) is 12.5 Å². The molecule has 0 aromatic heterocycles. The number of esters is 2. The molecule has 0 fully saturated rings. The van der Waals surface area contributed by atoms with E-state index in [-0.39, 0.29) is 18.0 Å². The molecule has 1 N–H and O–H groups in total. The summed E-state index contributed by atoms with van der Waals surface area (Å²) in [5.41, 5.74) is -1.75. The van der Waals surface area contributed by atoms with Gasteiger partial charge < -0.3 is 19.5 Å². The minimum absolute atomic E-state index is 0.0516. The Morgan fingerprint density at radius 1 is 1.09 bits per heavy atom. The van der Waals surface area contributed by atoms with E-state index < -0.39 is 42.0 Å². The number of halogens is 4. The van der Waals surface area contributed by atoms with Gasteiger partial charge in [0.2, 0.25) is 5.41 Å². The van der Waals surface area contributed by atoms with E-state index in [4.69, 9.17) is 21.1 Å². The molecule has 1 aliphatic rings. The van der Waals surface area contributed by atoms with E-state index in [0.717, 1.165) is 24.3 Å². The summed E-state index contributed by atoms with van der Waals surface area (Å²) in [6.45, 7) is 0.954. The third kappa shape index (κ3) is 5.65. The van der Waals surface area contributed by atoms with Gasteiger partial charge in [-0.3, -0.25) is 9.59 Å². The van der Waals surface area contributed by atoms with Gasteiger partial charge in [-0.25, -0.2) is 9.80 Å². The highest BCUT2D eigenvalue weighted by Gasteiger charge is 2.59. The Morgan fingerprint density at radius 2 is 1.71 bits per heavy atom. The molecule has 1 atom stereocenters. The summed E-state index contributed by atoms with van der Waals surface area (Å²) >= 11 is 5.94. The fourth-order valence-electron chi connectivity index (χ4n) is 3.33. The van der Waals surface area contributed by atoms with Crippen molar-refractivity contribution in [2.24, 2.45) is 10.5 Å². The van der Waals surface area contributed by atoms with Crippen LogP contribution in [0.25, 0.3) is 0 Å². The molecule has 0 saturated heterocycles. The zero-order valence-electron chi connectivity index (χ0n) is 18.4. The molecule has 0 saturated carbocycles. The summed E-state index contributed by atoms with van der Waals surface area (Å²) in [4.78, 5) is 38.8. The molecule has 2 aromatic rings. The third-order valence-electron chi connectivity index (χ3n) is 4.86. The van der Waals surface area contributed by atoms with Crippen molar-refractivity contribution in [3.63, 3.8) is 0 Å². The molecule has 1 unspecified atom stereocenters. The number of urea groups is 1. The van der Waals surface area contributed by atoms with Crippen molar-refractivity contribution in [2.75, 3.05) is 25.6 Å². The summed E-state index contributed by atoms with van der Waals surface area (Å²) in [7, 11) is 1.08. The first kappa shape index (κ1) is 25.8. The van der Waals surface area contributed by atoms with Crippen LogP contribution >= 0.6 is 11.6 Å². The van der Waals surface area contributed by atoms with Gasteiger partial charge in [0.05, 0.1) is 26.0 Å². The lowest BCUT2D eigenvalue weighted by molar-refractivity contribution is -0.274. The minimum atomic E-state index is -4.86. The molecule has 186 valence electrons. The van der Waals surface area contributed by atoms with Gasteiger partial charge in [-0.1, -0.05) is 23.7 Å². The molecule has 0 bridgehead atoms. The lowest BCUT2D eigenvalue weighted by atomic mass is 9.80. The van der Waals surface area contributed by atoms with Crippen LogP contribution < -0.4 is 10.1 Å². The first-order valence-corrected chi connectivity index (χ1v) is 10.4. The maximum atomic E-state index is 13.0. The standard InChI is InChI=1S/C22H19ClF3N3O6/c1-3-34-19(31)21(18(30)33-2)12-29(28-17(21)13-4-6-14(23)7-5-13)20(32)27-15-8-10-16(11-9-15)35-22(24,25)26/h4-11H,3,12H2,1-2H3,(H,27,32). The van der Waals surface area contributed by atoms with Crippen molar-refractivity contribution in [3.8, 4) is 5.75 Å². The van der Waals surface area contributed by atoms with E-state index in [1.807, 2.05) is 0 Å². The molecule has 2 aromatic carbocycles. The van der Waals surface area contributed by atoms with Crippen LogP contribution in [-0.4, -0.2) is 55.3 Å². The van der Waals surface area contributed by atoms with Crippen LogP contribution in [0.15, 0.2) is 53.6 Å². The number of alkyl halides is 3. The fourth-order valence-corrected chi connectivity index (χ4v) is 3.46. The van der Waals surface area contributed by atoms with Crippen molar-refractivity contribution in [3.05, 3.63) is 59.1 Å². The van der Waals surface area contributed by atoms with Gasteiger partial charge in [-0.2, -0.15) is 5.10 Å². The van der Waals surface area contributed by atoms with Crippen LogP contribution in [0.5, 0.6) is 5.75 Å². The van der Waals surface area contributed by atoms with Crippen LogP contribution in [0.4, 0.5) is 23.7 Å². The molecule has 1 aliphatic heterocycles. The van der Waals surface area contributed by atoms with Gasteiger partial charge in [0.25, 0.3) is 0 Å². The van der Waals surface area contributed by atoms with E-state index in [2.05, 4.69) is 15.2 Å². The average Bonchev–Trinajstić information content (AvgIpc) is 3.22. The number of hydrogen-bond acceptors (Lipinski definition) is 7. The topological polar surface area (TPSA) is 107 Å². The number of benzene rings is 2. The average molecular weight is 514 g/mol. The number of nitrogens with zero attached hydrogens (tertiary/aromatic N) is 2. The highest BCUT2D eigenvalue weighted by Crippen LogP contribution is 2.35. The molecule has 3 rings (SSSR count). The van der Waals surface area contributed by atoms with Crippen LogP contribution in [0.2, 0.25) is 5.02 Å². The SMILES string of the molecule is CCOC(=O)C1(C(=O)OC)CN(C(=O)Nc2ccc(OC(F)(F)F)cc2)N=C1c1ccc(Cl)cc1. The van der Waals surface area contributed by atoms with Crippen molar-refractivity contribution in [1.82, 2.24) is 5.01 Å². The van der Waals surface area contributed by atoms with Gasteiger partial charge in [-0.15, -0.1) is 13.2 Å². The number of methoxy groups -OCH3 is 1. The smallest absolute Gasteiger partial charge is 0.468 e. The van der Waals surface area contributed by atoms with E-state index in [1.165, 1.54) is 36.4 Å². The molecular weight excluding hydrogens is 495 g/mol. The monoisotopic (exact) mass is 513 g/mol. The molecule has 35 heavy (non-hydrogen) atoms. The predicted octanol–water partition coefficient (Wildman–Crippen LogP) is 4.21. The predicted molar refractivity (Wildman–Crippen MR) is 118 cm³/mol. The number of hydrazone groups is 1. The number of hydrogen-bond donors (Lipinski definition) is 1. The molecule has 0 aliphatic carbocycles. The quantitative estimate of drug-likeness (QED) is 0.458. The van der Waals surface area contributed by atoms with Crippen LogP contribution in [0, 0.1) is 5.41 Å². The summed E-state index contributed by atoms with van der Waals surface area (Å²) in [5, 5.41) is 7.85. The van der Waals surface area contributed by atoms with E-state index >= 15 is 0 Å². The molecule has 13 heteroatoms. The number of ether oxygens (including phenoxy) is 3. The number of amides is 2. The Kier molecular flexibility index (Phi) is 7.54.